The van der Waals surface area contributed by atoms with E-state index in [4.69, 9.17) is 0 Å². The number of hydrogen-bond acceptors (Lipinski definition) is 6. The third kappa shape index (κ3) is 3.58. The number of hydrogen-bond donors (Lipinski definition) is 3. The number of aliphatic hydroxyl groups is 1. The number of fused-ring (bicyclic) bond motifs is 1. The molecule has 2 aromatic carbocycles. The Kier molecular flexibility index (Phi) is 5.33. The maximum absolute atomic E-state index is 13.3. The van der Waals surface area contributed by atoms with Crippen molar-refractivity contribution < 1.29 is 24.7 Å². The number of H-pyrrole nitrogens is 1. The van der Waals surface area contributed by atoms with Gasteiger partial charge in [0.2, 0.25) is 11.6 Å². The molecule has 2 heterocycles. The van der Waals surface area contributed by atoms with Gasteiger partial charge in [-0.25, -0.2) is 0 Å². The number of aromatic amines is 1. The van der Waals surface area contributed by atoms with Gasteiger partial charge in [-0.2, -0.15) is 0 Å². The summed E-state index contributed by atoms with van der Waals surface area (Å²) in [6.07, 6.45) is 1.44. The molecule has 0 aliphatic carbocycles. The smallest absolute Gasteiger partial charge is 0.279 e. The lowest BCUT2D eigenvalue weighted by molar-refractivity contribution is -0.383. The number of nitrogens with one attached hydrogen (secondary N) is 1. The fourth-order valence-corrected chi connectivity index (χ4v) is 4.36. The highest BCUT2D eigenvalue weighted by Gasteiger charge is 2.53. The minimum Gasteiger partial charge on any atom is -0.508 e. The van der Waals surface area contributed by atoms with Crippen LogP contribution in [0, 0.1) is 17.0 Å². The van der Waals surface area contributed by atoms with Crippen LogP contribution in [0.1, 0.15) is 16.7 Å². The average molecular weight is 452 g/mol. The molecule has 3 N–H and O–H groups in total. The SMILES string of the molecule is Cc1ccc(C[C@@]2(O)C(=O)N(C)[C@@H](Cc3c[nH]c4cccc([N+](=O)[O-])c34)C(=O)N2C)cc1O. The first kappa shape index (κ1) is 22.3. The van der Waals surface area contributed by atoms with Gasteiger partial charge in [0.1, 0.15) is 11.8 Å². The van der Waals surface area contributed by atoms with Crippen LogP contribution in [-0.2, 0) is 22.4 Å². The Labute approximate surface area is 189 Å². The molecule has 0 spiro atoms. The third-order valence-corrected chi connectivity index (χ3v) is 6.40. The number of phenols is 1. The highest BCUT2D eigenvalue weighted by molar-refractivity contribution is 5.99. The summed E-state index contributed by atoms with van der Waals surface area (Å²) in [5.41, 5.74) is 0.00178. The number of nitro benzene ring substituents is 1. The van der Waals surface area contributed by atoms with E-state index in [0.29, 0.717) is 27.6 Å². The molecule has 3 aromatic rings. The second-order valence-corrected chi connectivity index (χ2v) is 8.42. The van der Waals surface area contributed by atoms with E-state index >= 15 is 0 Å². The Hall–Kier alpha value is -3.92. The zero-order valence-electron chi connectivity index (χ0n) is 18.4. The minimum atomic E-state index is -2.13. The standard InChI is InChI=1S/C23H24N4O6/c1-13-7-8-14(9-19(13)28)11-23(31)22(30)25(2)18(21(29)26(23)3)10-15-12-24-16-5-4-6-17(20(15)16)27(32)33/h4-9,12,18,24,28,31H,10-11H2,1-3H3/t18-,23+/m0/s1. The molecule has 1 fully saturated rings. The first-order valence-corrected chi connectivity index (χ1v) is 10.3. The fourth-order valence-electron chi connectivity index (χ4n) is 4.36. The molecule has 4 rings (SSSR count). The van der Waals surface area contributed by atoms with Gasteiger partial charge < -0.3 is 25.0 Å². The molecule has 2 amide bonds. The van der Waals surface area contributed by atoms with Crippen LogP contribution in [0.3, 0.4) is 0 Å². The van der Waals surface area contributed by atoms with Crippen LogP contribution in [0.5, 0.6) is 5.75 Å². The number of rotatable bonds is 5. The molecule has 0 saturated carbocycles. The van der Waals surface area contributed by atoms with E-state index in [1.54, 1.807) is 37.4 Å². The number of likely N-dealkylation sites (N-methyl/N-ethyl adjacent to an activating group) is 2. The molecule has 0 radical (unpaired) electrons. The Morgan fingerprint density at radius 3 is 2.61 bits per heavy atom. The van der Waals surface area contributed by atoms with Gasteiger partial charge >= 0.3 is 0 Å². The monoisotopic (exact) mass is 452 g/mol. The summed E-state index contributed by atoms with van der Waals surface area (Å²) < 4.78 is 0. The van der Waals surface area contributed by atoms with Gasteiger partial charge in [0.15, 0.2) is 0 Å². The summed E-state index contributed by atoms with van der Waals surface area (Å²) in [6.45, 7) is 1.72. The van der Waals surface area contributed by atoms with Crippen molar-refractivity contribution in [1.82, 2.24) is 14.8 Å². The molecule has 0 unspecified atom stereocenters. The highest BCUT2D eigenvalue weighted by Crippen LogP contribution is 2.33. The van der Waals surface area contributed by atoms with Gasteiger partial charge in [0.25, 0.3) is 11.6 Å². The molecule has 1 aromatic heterocycles. The lowest BCUT2D eigenvalue weighted by Crippen LogP contribution is -2.70. The van der Waals surface area contributed by atoms with Crippen molar-refractivity contribution >= 4 is 28.4 Å². The van der Waals surface area contributed by atoms with Gasteiger partial charge in [-0.1, -0.05) is 18.2 Å². The van der Waals surface area contributed by atoms with Crippen LogP contribution >= 0.6 is 0 Å². The second kappa shape index (κ2) is 7.89. The third-order valence-electron chi connectivity index (χ3n) is 6.40. The van der Waals surface area contributed by atoms with Crippen molar-refractivity contribution in [3.05, 3.63) is 69.4 Å². The maximum atomic E-state index is 13.3. The first-order chi connectivity index (χ1) is 15.5. The summed E-state index contributed by atoms with van der Waals surface area (Å²) in [5.74, 6) is -1.15. The normalized spacial score (nSPS) is 21.2. The van der Waals surface area contributed by atoms with E-state index in [9.17, 15) is 29.9 Å². The molecule has 1 aliphatic rings. The molecular formula is C23H24N4O6. The summed E-state index contributed by atoms with van der Waals surface area (Å²) in [7, 11) is 2.78. The van der Waals surface area contributed by atoms with E-state index in [1.807, 2.05) is 0 Å². The lowest BCUT2D eigenvalue weighted by atomic mass is 9.92. The predicted molar refractivity (Wildman–Crippen MR) is 119 cm³/mol. The number of non-ortho nitro benzene ring substituents is 1. The van der Waals surface area contributed by atoms with Crippen LogP contribution in [0.25, 0.3) is 10.9 Å². The van der Waals surface area contributed by atoms with Gasteiger partial charge in [-0.05, 0) is 35.7 Å². The summed E-state index contributed by atoms with van der Waals surface area (Å²) in [5, 5.41) is 33.1. The van der Waals surface area contributed by atoms with Crippen LogP contribution in [-0.4, -0.2) is 67.6 Å². The van der Waals surface area contributed by atoms with Crippen molar-refractivity contribution in [2.75, 3.05) is 14.1 Å². The van der Waals surface area contributed by atoms with Crippen LogP contribution in [0.15, 0.2) is 42.6 Å². The summed E-state index contributed by atoms with van der Waals surface area (Å²) in [4.78, 5) is 42.7. The Morgan fingerprint density at radius 1 is 1.21 bits per heavy atom. The lowest BCUT2D eigenvalue weighted by Gasteiger charge is -2.47. The zero-order chi connectivity index (χ0) is 24.1. The maximum Gasteiger partial charge on any atom is 0.279 e. The number of aromatic hydroxyl groups is 1. The van der Waals surface area contributed by atoms with Crippen LogP contribution in [0.2, 0.25) is 0 Å². The van der Waals surface area contributed by atoms with Gasteiger partial charge in [0.05, 0.1) is 15.8 Å². The van der Waals surface area contributed by atoms with Crippen molar-refractivity contribution in [2.45, 2.75) is 31.5 Å². The second-order valence-electron chi connectivity index (χ2n) is 8.42. The predicted octanol–water partition coefficient (Wildman–Crippen LogP) is 1.86. The molecule has 10 heteroatoms. The Bertz CT molecular complexity index is 1290. The number of piperazine rings is 1. The number of nitrogens with zero attached hydrogens (tertiary/aromatic N) is 3. The fraction of sp³-hybridized carbons (Fsp3) is 0.304. The molecule has 2 atom stereocenters. The van der Waals surface area contributed by atoms with E-state index in [1.165, 1.54) is 31.1 Å². The number of amides is 2. The zero-order valence-corrected chi connectivity index (χ0v) is 18.4. The van der Waals surface area contributed by atoms with Crippen LogP contribution in [0.4, 0.5) is 5.69 Å². The highest BCUT2D eigenvalue weighted by atomic mass is 16.6. The summed E-state index contributed by atoms with van der Waals surface area (Å²) in [6, 6.07) is 8.50. The van der Waals surface area contributed by atoms with E-state index < -0.39 is 28.5 Å². The topological polar surface area (TPSA) is 140 Å². The van der Waals surface area contributed by atoms with Crippen molar-refractivity contribution in [3.63, 3.8) is 0 Å². The Morgan fingerprint density at radius 2 is 1.94 bits per heavy atom. The molecular weight excluding hydrogens is 428 g/mol. The van der Waals surface area contributed by atoms with Crippen molar-refractivity contribution in [3.8, 4) is 5.75 Å². The average Bonchev–Trinajstić information content (AvgIpc) is 3.20. The van der Waals surface area contributed by atoms with Gasteiger partial charge in [-0.15, -0.1) is 0 Å². The molecule has 1 saturated heterocycles. The van der Waals surface area contributed by atoms with Gasteiger partial charge in [0, 0.05) is 39.2 Å². The number of carbonyl (C=O) groups is 2. The van der Waals surface area contributed by atoms with E-state index in [0.717, 1.165) is 4.90 Å². The van der Waals surface area contributed by atoms with E-state index in [-0.39, 0.29) is 24.3 Å². The largest absolute Gasteiger partial charge is 0.508 e. The molecule has 172 valence electrons. The number of carbonyl (C=O) groups excluding carboxylic acids is 2. The summed E-state index contributed by atoms with van der Waals surface area (Å²) >= 11 is 0. The van der Waals surface area contributed by atoms with E-state index in [2.05, 4.69) is 4.98 Å². The molecule has 1 aliphatic heterocycles. The molecule has 0 bridgehead atoms. The number of nitro groups is 1. The Balaban J connectivity index is 1.66. The minimum absolute atomic E-state index is 0.0282. The number of benzene rings is 2. The first-order valence-electron chi connectivity index (χ1n) is 10.3. The number of aromatic nitrogens is 1. The van der Waals surface area contributed by atoms with Gasteiger partial charge in [-0.3, -0.25) is 19.7 Å². The molecule has 33 heavy (non-hydrogen) atoms. The van der Waals surface area contributed by atoms with Crippen LogP contribution < -0.4 is 0 Å². The quantitative estimate of drug-likeness (QED) is 0.399. The molecule has 10 nitrogen and oxygen atoms in total. The van der Waals surface area contributed by atoms with Crippen molar-refractivity contribution in [1.29, 1.82) is 0 Å². The number of phenolic OH excluding ortho intramolecular Hbond substituents is 1. The number of aryl methyl sites for hydroxylation is 1. The van der Waals surface area contributed by atoms with Crippen molar-refractivity contribution in [2.24, 2.45) is 0 Å².